The van der Waals surface area contributed by atoms with Crippen LogP contribution in [-0.2, 0) is 0 Å². The number of rotatable bonds is 7. The zero-order chi connectivity index (χ0) is 11.6. The number of hydrogen-bond acceptors (Lipinski definition) is 4. The van der Waals surface area contributed by atoms with E-state index in [1.807, 2.05) is 0 Å². The minimum absolute atomic E-state index is 0.0872. The first kappa shape index (κ1) is 13.0. The van der Waals surface area contributed by atoms with Gasteiger partial charge in [-0.1, -0.05) is 0 Å². The molecule has 1 rings (SSSR count). The third-order valence-electron chi connectivity index (χ3n) is 1.90. The van der Waals surface area contributed by atoms with E-state index in [4.69, 9.17) is 5.11 Å². The second kappa shape index (κ2) is 8.13. The summed E-state index contributed by atoms with van der Waals surface area (Å²) in [6.07, 6.45) is 4.00. The Labute approximate surface area is 99.5 Å². The second-order valence-corrected chi connectivity index (χ2v) is 4.41. The third kappa shape index (κ3) is 5.14. The fourth-order valence-electron chi connectivity index (χ4n) is 1.10. The Bertz CT molecular complexity index is 306. The van der Waals surface area contributed by atoms with Gasteiger partial charge in [-0.3, -0.25) is 9.78 Å². The van der Waals surface area contributed by atoms with Crippen LogP contribution in [0, 0.1) is 0 Å². The number of aromatic nitrogens is 1. The van der Waals surface area contributed by atoms with Crippen LogP contribution in [0.1, 0.15) is 16.8 Å². The first-order valence-electron chi connectivity index (χ1n) is 5.21. The molecule has 5 heteroatoms. The molecule has 0 spiro atoms. The van der Waals surface area contributed by atoms with E-state index in [0.29, 0.717) is 12.1 Å². The van der Waals surface area contributed by atoms with Crippen molar-refractivity contribution in [3.8, 4) is 0 Å². The minimum Gasteiger partial charge on any atom is -0.396 e. The number of pyridine rings is 1. The van der Waals surface area contributed by atoms with Crippen LogP contribution in [0.2, 0.25) is 0 Å². The van der Waals surface area contributed by atoms with Crippen LogP contribution in [-0.4, -0.2) is 40.7 Å². The van der Waals surface area contributed by atoms with Crippen LogP contribution < -0.4 is 5.32 Å². The molecule has 1 aromatic rings. The third-order valence-corrected chi connectivity index (χ3v) is 2.97. The van der Waals surface area contributed by atoms with Crippen molar-refractivity contribution in [2.45, 2.75) is 6.42 Å². The van der Waals surface area contributed by atoms with Crippen LogP contribution in [0.3, 0.4) is 0 Å². The fourth-order valence-corrected chi connectivity index (χ4v) is 1.89. The van der Waals surface area contributed by atoms with E-state index in [0.717, 1.165) is 17.9 Å². The summed E-state index contributed by atoms with van der Waals surface area (Å²) in [6, 6.07) is 3.48. The Hall–Kier alpha value is -1.07. The largest absolute Gasteiger partial charge is 0.396 e. The van der Waals surface area contributed by atoms with Gasteiger partial charge in [0.2, 0.25) is 0 Å². The van der Waals surface area contributed by atoms with Crippen molar-refractivity contribution in [1.82, 2.24) is 10.3 Å². The molecule has 4 nitrogen and oxygen atoms in total. The van der Waals surface area contributed by atoms with Crippen LogP contribution in [0.25, 0.3) is 0 Å². The highest BCUT2D eigenvalue weighted by Crippen LogP contribution is 2.00. The van der Waals surface area contributed by atoms with E-state index in [9.17, 15) is 4.79 Å². The summed E-state index contributed by atoms with van der Waals surface area (Å²) in [7, 11) is 0. The van der Waals surface area contributed by atoms with Gasteiger partial charge in [0.15, 0.2) is 0 Å². The first-order chi connectivity index (χ1) is 7.84. The molecule has 1 heterocycles. The summed E-state index contributed by atoms with van der Waals surface area (Å²) in [4.78, 5) is 15.4. The maximum atomic E-state index is 11.5. The first-order valence-corrected chi connectivity index (χ1v) is 6.37. The van der Waals surface area contributed by atoms with E-state index in [1.165, 1.54) is 0 Å². The van der Waals surface area contributed by atoms with Crippen molar-refractivity contribution >= 4 is 17.7 Å². The van der Waals surface area contributed by atoms with Gasteiger partial charge < -0.3 is 10.4 Å². The average Bonchev–Trinajstić information content (AvgIpc) is 2.34. The summed E-state index contributed by atoms with van der Waals surface area (Å²) in [6.45, 7) is 0.874. The van der Waals surface area contributed by atoms with E-state index < -0.39 is 0 Å². The highest BCUT2D eigenvalue weighted by atomic mass is 32.2. The standard InChI is InChI=1S/C11H16N2O2S/c14-6-2-7-16-8-5-13-11(15)10-3-1-4-12-9-10/h1,3-4,9,14H,2,5-8H2,(H,13,15). The van der Waals surface area contributed by atoms with Gasteiger partial charge in [-0.05, 0) is 24.3 Å². The van der Waals surface area contributed by atoms with Crippen LogP contribution in [0.15, 0.2) is 24.5 Å². The van der Waals surface area contributed by atoms with Gasteiger partial charge in [0.05, 0.1) is 5.56 Å². The smallest absolute Gasteiger partial charge is 0.252 e. The average molecular weight is 240 g/mol. The van der Waals surface area contributed by atoms with Gasteiger partial charge in [-0.25, -0.2) is 0 Å². The highest BCUT2D eigenvalue weighted by molar-refractivity contribution is 7.99. The zero-order valence-corrected chi connectivity index (χ0v) is 9.87. The summed E-state index contributed by atoms with van der Waals surface area (Å²) < 4.78 is 0. The van der Waals surface area contributed by atoms with E-state index in [-0.39, 0.29) is 12.5 Å². The number of thioether (sulfide) groups is 1. The van der Waals surface area contributed by atoms with Crippen molar-refractivity contribution in [2.75, 3.05) is 24.7 Å². The molecule has 0 fully saturated rings. The van der Waals surface area contributed by atoms with Crippen LogP contribution in [0.4, 0.5) is 0 Å². The van der Waals surface area contributed by atoms with Gasteiger partial charge in [0.1, 0.15) is 0 Å². The number of nitrogens with zero attached hydrogens (tertiary/aromatic N) is 1. The molecule has 0 atom stereocenters. The van der Waals surface area contributed by atoms with Crippen LogP contribution >= 0.6 is 11.8 Å². The lowest BCUT2D eigenvalue weighted by Crippen LogP contribution is -2.25. The van der Waals surface area contributed by atoms with E-state index in [1.54, 1.807) is 36.3 Å². The van der Waals surface area contributed by atoms with E-state index in [2.05, 4.69) is 10.3 Å². The molecule has 0 aliphatic heterocycles. The minimum atomic E-state index is -0.0872. The Balaban J connectivity index is 2.12. The normalized spacial score (nSPS) is 10.1. The fraction of sp³-hybridized carbons (Fsp3) is 0.455. The molecule has 0 unspecified atom stereocenters. The van der Waals surface area contributed by atoms with Gasteiger partial charge in [-0.2, -0.15) is 11.8 Å². The maximum Gasteiger partial charge on any atom is 0.252 e. The van der Waals surface area contributed by atoms with Crippen molar-refractivity contribution < 1.29 is 9.90 Å². The number of aliphatic hydroxyl groups is 1. The lowest BCUT2D eigenvalue weighted by Gasteiger charge is -2.04. The lowest BCUT2D eigenvalue weighted by atomic mass is 10.3. The van der Waals surface area contributed by atoms with Gasteiger partial charge >= 0.3 is 0 Å². The molecule has 0 saturated heterocycles. The molecule has 2 N–H and O–H groups in total. The van der Waals surface area contributed by atoms with Crippen molar-refractivity contribution in [2.24, 2.45) is 0 Å². The number of amides is 1. The Kier molecular flexibility index (Phi) is 6.60. The number of nitrogens with one attached hydrogen (secondary N) is 1. The van der Waals surface area contributed by atoms with Crippen LogP contribution in [0.5, 0.6) is 0 Å². The molecule has 0 aliphatic carbocycles. The molecule has 16 heavy (non-hydrogen) atoms. The molecule has 1 aromatic heterocycles. The monoisotopic (exact) mass is 240 g/mol. The number of carbonyl (C=O) groups is 1. The van der Waals surface area contributed by atoms with Crippen molar-refractivity contribution in [3.05, 3.63) is 30.1 Å². The quantitative estimate of drug-likeness (QED) is 0.696. The summed E-state index contributed by atoms with van der Waals surface area (Å²) in [5, 5.41) is 11.4. The van der Waals surface area contributed by atoms with Gasteiger partial charge in [0.25, 0.3) is 5.91 Å². The number of hydrogen-bond donors (Lipinski definition) is 2. The summed E-state index contributed by atoms with van der Waals surface area (Å²) in [5.41, 5.74) is 0.586. The summed E-state index contributed by atoms with van der Waals surface area (Å²) in [5.74, 6) is 1.71. The van der Waals surface area contributed by atoms with Gasteiger partial charge in [0, 0.05) is 31.3 Å². The predicted octanol–water partition coefficient (Wildman–Crippen LogP) is 0.927. The highest BCUT2D eigenvalue weighted by Gasteiger charge is 2.02. The molecule has 1 amide bonds. The Morgan fingerprint density at radius 2 is 2.38 bits per heavy atom. The molecular weight excluding hydrogens is 224 g/mol. The molecule has 88 valence electrons. The van der Waals surface area contributed by atoms with Crippen molar-refractivity contribution in [3.63, 3.8) is 0 Å². The Morgan fingerprint density at radius 1 is 1.50 bits per heavy atom. The molecule has 0 radical (unpaired) electrons. The summed E-state index contributed by atoms with van der Waals surface area (Å²) >= 11 is 1.72. The molecule has 0 saturated carbocycles. The van der Waals surface area contributed by atoms with Gasteiger partial charge in [-0.15, -0.1) is 0 Å². The Morgan fingerprint density at radius 3 is 3.06 bits per heavy atom. The van der Waals surface area contributed by atoms with Crippen molar-refractivity contribution in [1.29, 1.82) is 0 Å². The molecule has 0 aliphatic rings. The lowest BCUT2D eigenvalue weighted by molar-refractivity contribution is 0.0956. The maximum absolute atomic E-state index is 11.5. The number of carbonyl (C=O) groups excluding carboxylic acids is 1. The SMILES string of the molecule is O=C(NCCSCCCO)c1cccnc1. The molecular formula is C11H16N2O2S. The molecule has 0 aromatic carbocycles. The van der Waals surface area contributed by atoms with E-state index >= 15 is 0 Å². The predicted molar refractivity (Wildman–Crippen MR) is 65.6 cm³/mol. The molecule has 0 bridgehead atoms. The zero-order valence-electron chi connectivity index (χ0n) is 9.06. The number of aliphatic hydroxyl groups excluding tert-OH is 1. The second-order valence-electron chi connectivity index (χ2n) is 3.19. The topological polar surface area (TPSA) is 62.2 Å².